The number of hydrogen-bond donors (Lipinski definition) is 1. The molecule has 0 saturated carbocycles. The van der Waals surface area contributed by atoms with E-state index in [4.69, 9.17) is 10.5 Å². The lowest BCUT2D eigenvalue weighted by Crippen LogP contribution is -2.53. The van der Waals surface area contributed by atoms with Crippen LogP contribution in [0.3, 0.4) is 0 Å². The number of hydrogen-bond acceptors (Lipinski definition) is 4. The molecule has 76 valence electrons. The predicted octanol–water partition coefficient (Wildman–Crippen LogP) is 0.747. The summed E-state index contributed by atoms with van der Waals surface area (Å²) in [6, 6.07) is 3.61. The number of likely N-dealkylation sites (N-methyl/N-ethyl adjacent to an activating group) is 1. The average molecular weight is 193 g/mol. The van der Waals surface area contributed by atoms with Crippen LogP contribution in [0, 0.1) is 0 Å². The Hall–Kier alpha value is -1.29. The highest BCUT2D eigenvalue weighted by molar-refractivity contribution is 5.47. The van der Waals surface area contributed by atoms with E-state index in [0.717, 1.165) is 19.6 Å². The molecule has 0 radical (unpaired) electrons. The Morgan fingerprint density at radius 3 is 3.07 bits per heavy atom. The summed E-state index contributed by atoms with van der Waals surface area (Å²) in [5, 5.41) is 0. The quantitative estimate of drug-likeness (QED) is 0.769. The van der Waals surface area contributed by atoms with E-state index in [0.29, 0.717) is 11.6 Å². The molecular weight excluding hydrogens is 178 g/mol. The zero-order valence-corrected chi connectivity index (χ0v) is 8.31. The van der Waals surface area contributed by atoms with Gasteiger partial charge in [0.2, 0.25) is 5.88 Å². The lowest BCUT2D eigenvalue weighted by atomic mass is 10.2. The van der Waals surface area contributed by atoms with E-state index in [1.807, 2.05) is 0 Å². The summed E-state index contributed by atoms with van der Waals surface area (Å²) in [6.07, 6.45) is 1.95. The summed E-state index contributed by atoms with van der Waals surface area (Å²) in [7, 11) is 0. The smallest absolute Gasteiger partial charge is 0.237 e. The van der Waals surface area contributed by atoms with Gasteiger partial charge in [-0.15, -0.1) is 0 Å². The van der Waals surface area contributed by atoms with E-state index in [2.05, 4.69) is 16.8 Å². The minimum absolute atomic E-state index is 0.257. The molecule has 0 spiro atoms. The van der Waals surface area contributed by atoms with Crippen LogP contribution in [-0.2, 0) is 0 Å². The molecule has 1 aromatic rings. The first kappa shape index (κ1) is 9.27. The van der Waals surface area contributed by atoms with Gasteiger partial charge in [0.05, 0.1) is 5.69 Å². The molecule has 2 heterocycles. The molecule has 1 saturated heterocycles. The molecule has 0 bridgehead atoms. The van der Waals surface area contributed by atoms with Gasteiger partial charge >= 0.3 is 0 Å². The molecular formula is C10H15N3O. The van der Waals surface area contributed by atoms with Crippen LogP contribution in [0.1, 0.15) is 6.92 Å². The van der Waals surface area contributed by atoms with Crippen LogP contribution in [0.25, 0.3) is 0 Å². The van der Waals surface area contributed by atoms with Crippen LogP contribution in [0.2, 0.25) is 0 Å². The minimum atomic E-state index is 0.257. The summed E-state index contributed by atoms with van der Waals surface area (Å²) in [5.74, 6) is 0.563. The summed E-state index contributed by atoms with van der Waals surface area (Å²) in [4.78, 5) is 6.39. The fraction of sp³-hybridized carbons (Fsp3) is 0.500. The molecule has 0 aliphatic carbocycles. The number of aromatic nitrogens is 1. The van der Waals surface area contributed by atoms with Crippen molar-refractivity contribution >= 4 is 5.69 Å². The third-order valence-corrected chi connectivity index (χ3v) is 2.45. The van der Waals surface area contributed by atoms with Crippen LogP contribution in [-0.4, -0.2) is 35.6 Å². The van der Waals surface area contributed by atoms with Gasteiger partial charge < -0.3 is 10.5 Å². The van der Waals surface area contributed by atoms with Crippen molar-refractivity contribution in [1.29, 1.82) is 0 Å². The molecule has 2 rings (SSSR count). The lowest BCUT2D eigenvalue weighted by Gasteiger charge is -2.37. The Morgan fingerprint density at radius 1 is 1.64 bits per heavy atom. The second kappa shape index (κ2) is 3.84. The number of nitrogen functional groups attached to an aromatic ring is 1. The van der Waals surface area contributed by atoms with E-state index in [1.165, 1.54) is 0 Å². The predicted molar refractivity (Wildman–Crippen MR) is 55.2 cm³/mol. The molecule has 0 amide bonds. The van der Waals surface area contributed by atoms with Crippen LogP contribution in [0.5, 0.6) is 5.88 Å². The van der Waals surface area contributed by atoms with Crippen molar-refractivity contribution < 1.29 is 4.74 Å². The van der Waals surface area contributed by atoms with Gasteiger partial charge in [-0.05, 0) is 18.7 Å². The lowest BCUT2D eigenvalue weighted by molar-refractivity contribution is 0.0215. The van der Waals surface area contributed by atoms with Gasteiger partial charge in [-0.25, -0.2) is 4.98 Å². The molecule has 2 N–H and O–H groups in total. The first-order chi connectivity index (χ1) is 6.79. The highest BCUT2D eigenvalue weighted by Crippen LogP contribution is 2.20. The topological polar surface area (TPSA) is 51.4 Å². The molecule has 1 aliphatic rings. The molecule has 1 aliphatic heterocycles. The van der Waals surface area contributed by atoms with Crippen molar-refractivity contribution in [3.8, 4) is 5.88 Å². The number of nitrogens with zero attached hydrogens (tertiary/aromatic N) is 2. The van der Waals surface area contributed by atoms with Crippen LogP contribution < -0.4 is 10.5 Å². The zero-order valence-electron chi connectivity index (χ0n) is 8.31. The van der Waals surface area contributed by atoms with Gasteiger partial charge in [-0.2, -0.15) is 0 Å². The molecule has 0 unspecified atom stereocenters. The van der Waals surface area contributed by atoms with Gasteiger partial charge in [0.25, 0.3) is 0 Å². The summed E-state index contributed by atoms with van der Waals surface area (Å²) < 4.78 is 5.64. The number of anilines is 1. The second-order valence-corrected chi connectivity index (χ2v) is 3.49. The summed E-state index contributed by atoms with van der Waals surface area (Å²) >= 11 is 0. The minimum Gasteiger partial charge on any atom is -0.470 e. The molecule has 4 heteroatoms. The molecule has 0 aromatic carbocycles. The molecule has 1 fully saturated rings. The van der Waals surface area contributed by atoms with E-state index >= 15 is 0 Å². The van der Waals surface area contributed by atoms with E-state index in [9.17, 15) is 0 Å². The standard InChI is InChI=1S/C10H15N3O/c1-2-13-6-8(7-13)14-10-9(11)4-3-5-12-10/h3-5,8H,2,6-7,11H2,1H3. The third kappa shape index (κ3) is 1.80. The fourth-order valence-electron chi connectivity index (χ4n) is 1.51. The number of ether oxygens (including phenoxy) is 1. The van der Waals surface area contributed by atoms with Crippen LogP contribution in [0.4, 0.5) is 5.69 Å². The maximum atomic E-state index is 5.71. The van der Waals surface area contributed by atoms with Gasteiger partial charge in [0.15, 0.2) is 0 Å². The van der Waals surface area contributed by atoms with Gasteiger partial charge in [0, 0.05) is 19.3 Å². The third-order valence-electron chi connectivity index (χ3n) is 2.45. The van der Waals surface area contributed by atoms with E-state index in [-0.39, 0.29) is 6.10 Å². The number of nitrogens with two attached hydrogens (primary N) is 1. The molecule has 0 atom stereocenters. The van der Waals surface area contributed by atoms with Crippen molar-refractivity contribution in [2.45, 2.75) is 13.0 Å². The van der Waals surface area contributed by atoms with Crippen molar-refractivity contribution in [3.63, 3.8) is 0 Å². The highest BCUT2D eigenvalue weighted by Gasteiger charge is 2.27. The van der Waals surface area contributed by atoms with E-state index < -0.39 is 0 Å². The summed E-state index contributed by atoms with van der Waals surface area (Å²) in [6.45, 7) is 5.18. The normalized spacial score (nSPS) is 17.8. The van der Waals surface area contributed by atoms with Gasteiger partial charge in [-0.1, -0.05) is 6.92 Å². The van der Waals surface area contributed by atoms with Crippen molar-refractivity contribution in [1.82, 2.24) is 9.88 Å². The van der Waals surface area contributed by atoms with Crippen molar-refractivity contribution in [2.24, 2.45) is 0 Å². The highest BCUT2D eigenvalue weighted by atomic mass is 16.5. The number of likely N-dealkylation sites (tertiary alicyclic amines) is 1. The Kier molecular flexibility index (Phi) is 2.54. The molecule has 1 aromatic heterocycles. The van der Waals surface area contributed by atoms with Crippen molar-refractivity contribution in [3.05, 3.63) is 18.3 Å². The fourth-order valence-corrected chi connectivity index (χ4v) is 1.51. The Balaban J connectivity index is 1.90. The molecule has 14 heavy (non-hydrogen) atoms. The Bertz CT molecular complexity index is 310. The van der Waals surface area contributed by atoms with Crippen LogP contribution in [0.15, 0.2) is 18.3 Å². The van der Waals surface area contributed by atoms with E-state index in [1.54, 1.807) is 18.3 Å². The first-order valence-electron chi connectivity index (χ1n) is 4.89. The Labute approximate surface area is 83.7 Å². The SMILES string of the molecule is CCN1CC(Oc2ncccc2N)C1. The largest absolute Gasteiger partial charge is 0.470 e. The zero-order chi connectivity index (χ0) is 9.97. The monoisotopic (exact) mass is 193 g/mol. The maximum Gasteiger partial charge on any atom is 0.237 e. The van der Waals surface area contributed by atoms with Gasteiger partial charge in [-0.3, -0.25) is 4.90 Å². The summed E-state index contributed by atoms with van der Waals surface area (Å²) in [5.41, 5.74) is 6.33. The average Bonchev–Trinajstić information content (AvgIpc) is 2.13. The number of rotatable bonds is 3. The maximum absolute atomic E-state index is 5.71. The second-order valence-electron chi connectivity index (χ2n) is 3.49. The van der Waals surface area contributed by atoms with Crippen molar-refractivity contribution in [2.75, 3.05) is 25.4 Å². The van der Waals surface area contributed by atoms with Gasteiger partial charge in [0.1, 0.15) is 6.10 Å². The molecule has 4 nitrogen and oxygen atoms in total. The first-order valence-corrected chi connectivity index (χ1v) is 4.89. The Morgan fingerprint density at radius 2 is 2.43 bits per heavy atom. The van der Waals surface area contributed by atoms with Crippen LogP contribution >= 0.6 is 0 Å². The number of pyridine rings is 1.